The Kier molecular flexibility index (Phi) is 22.1. The number of hydrogen-bond acceptors (Lipinski definition) is 19. The van der Waals surface area contributed by atoms with Gasteiger partial charge in [0.1, 0.15) is 21.8 Å². The fraction of sp³-hybridized carbons (Fsp3) is 0. The number of rotatable bonds is 14. The van der Waals surface area contributed by atoms with Crippen molar-refractivity contribution >= 4 is 90.8 Å². The van der Waals surface area contributed by atoms with Gasteiger partial charge in [-0.3, -0.25) is 15.1 Å². The molecule has 0 fully saturated rings. The number of nitrogens with zero attached hydrogens (tertiary/aromatic N) is 2. The van der Waals surface area contributed by atoms with E-state index in [1.165, 1.54) is 24.5 Å². The minimum atomic E-state index is -4.89. The minimum Gasteiger partial charge on any atom is -0.744 e. The van der Waals surface area contributed by atoms with E-state index in [0.29, 0.717) is 78.5 Å². The van der Waals surface area contributed by atoms with E-state index < -0.39 is 15.0 Å². The maximum Gasteiger partial charge on any atom is 1.00 e. The predicted molar refractivity (Wildman–Crippen MR) is 149 cm³/mol. The largest absolute Gasteiger partial charge is 1.00 e. The van der Waals surface area contributed by atoms with Crippen LogP contribution in [0.25, 0.3) is 21.5 Å². The standard InChI is InChI=1S/C24H18N4O12S4.4Na/c29-35-38-41-16-7-13-6-14(4-5-17(13)21(10-16)43-40-37-31)27-23-11-26-24(12-25-23)28-15-8-19-18(22(9-15)44(32,33)34)2-1-3-20(19)42-39-36-30;;;;/h1-12,29-31H,(H,25,27)(H,26,28)(H,32,33,34);;;;/q;4*+1/p-4. The second-order valence-electron chi connectivity index (χ2n) is 8.33. The summed E-state index contributed by atoms with van der Waals surface area (Å²) in [5.41, 5.74) is 0.800. The third kappa shape index (κ3) is 12.7. The molecule has 16 nitrogen and oxygen atoms in total. The molecule has 0 atom stereocenters. The molecule has 0 aliphatic heterocycles. The molecule has 0 radical (unpaired) electrons. The fourth-order valence-electron chi connectivity index (χ4n) is 4.09. The Morgan fingerprint density at radius 2 is 1.23 bits per heavy atom. The van der Waals surface area contributed by atoms with Crippen molar-refractivity contribution in [3.63, 3.8) is 0 Å². The van der Waals surface area contributed by atoms with E-state index in [2.05, 4.69) is 48.7 Å². The fourth-order valence-corrected chi connectivity index (χ4v) is 6.37. The Hall–Kier alpha value is 0.680. The molecule has 0 unspecified atom stereocenters. The zero-order valence-corrected chi connectivity index (χ0v) is 36.6. The van der Waals surface area contributed by atoms with Crippen LogP contribution in [0, 0.1) is 0 Å². The van der Waals surface area contributed by atoms with Crippen LogP contribution in [0.1, 0.15) is 0 Å². The predicted octanol–water partition coefficient (Wildman–Crippen LogP) is -9.12. The molecule has 1 aromatic heterocycles. The Morgan fingerprint density at radius 3 is 1.83 bits per heavy atom. The van der Waals surface area contributed by atoms with Gasteiger partial charge in [0.25, 0.3) is 0 Å². The van der Waals surface area contributed by atoms with E-state index in [4.69, 9.17) is 0 Å². The van der Waals surface area contributed by atoms with Gasteiger partial charge in [0.15, 0.2) is 0 Å². The van der Waals surface area contributed by atoms with Gasteiger partial charge >= 0.3 is 118 Å². The molecule has 0 aliphatic carbocycles. The molecule has 0 bridgehead atoms. The monoisotopic (exact) mass is 770 g/mol. The second-order valence-corrected chi connectivity index (χ2v) is 11.9. The maximum absolute atomic E-state index is 12.0. The minimum absolute atomic E-state index is 0. The summed E-state index contributed by atoms with van der Waals surface area (Å²) in [6.45, 7) is 0. The molecule has 0 amide bonds. The van der Waals surface area contributed by atoms with Gasteiger partial charge in [0.05, 0.1) is 53.4 Å². The van der Waals surface area contributed by atoms with Crippen LogP contribution in [0.2, 0.25) is 0 Å². The quantitative estimate of drug-likeness (QED) is 0.0351. The van der Waals surface area contributed by atoms with Crippen molar-refractivity contribution in [2.75, 3.05) is 10.6 Å². The Balaban J connectivity index is 0.00000288. The molecular weight excluding hydrogens is 757 g/mol. The molecule has 2 N–H and O–H groups in total. The Labute approximate surface area is 373 Å². The van der Waals surface area contributed by atoms with Gasteiger partial charge in [-0.15, -0.1) is 0 Å². The van der Waals surface area contributed by atoms with Gasteiger partial charge in [-0.2, -0.15) is 13.0 Å². The molecule has 24 heteroatoms. The van der Waals surface area contributed by atoms with E-state index >= 15 is 0 Å². The SMILES string of the molecule is O=S(=O)([O-])c1cc(Nc2cnc(Nc3ccc4c(SOO[O-])cc(SOO[O-])cc4c3)cn2)cc2c(SOO[O-])cccc12.[Na+].[Na+].[Na+].[Na+]. The van der Waals surface area contributed by atoms with Crippen LogP contribution in [-0.2, 0) is 38.2 Å². The zero-order chi connectivity index (χ0) is 31.1. The van der Waals surface area contributed by atoms with Gasteiger partial charge in [-0.05, 0) is 53.2 Å². The Bertz CT molecular complexity index is 1900. The van der Waals surface area contributed by atoms with Crippen LogP contribution in [0.4, 0.5) is 23.0 Å². The molecule has 4 aromatic carbocycles. The molecule has 0 saturated carbocycles. The van der Waals surface area contributed by atoms with E-state index in [1.54, 1.807) is 42.5 Å². The van der Waals surface area contributed by atoms with Crippen LogP contribution >= 0.6 is 36.1 Å². The van der Waals surface area contributed by atoms with Crippen molar-refractivity contribution in [1.82, 2.24) is 9.97 Å². The summed E-state index contributed by atoms with van der Waals surface area (Å²) in [7, 11) is -4.89. The van der Waals surface area contributed by atoms with Gasteiger partial charge < -0.3 is 31.0 Å². The number of nitrogens with one attached hydrogen (secondary N) is 2. The summed E-state index contributed by atoms with van der Waals surface area (Å²) in [6.07, 6.45) is 2.78. The third-order valence-electron chi connectivity index (χ3n) is 5.73. The maximum atomic E-state index is 12.0. The number of benzene rings is 4. The van der Waals surface area contributed by atoms with E-state index in [0.717, 1.165) is 6.07 Å². The molecule has 5 aromatic rings. The first-order chi connectivity index (χ1) is 21.3. The summed E-state index contributed by atoms with van der Waals surface area (Å²) >= 11 is 1.87. The van der Waals surface area contributed by atoms with Gasteiger partial charge in [-0.25, -0.2) is 18.4 Å². The van der Waals surface area contributed by atoms with Crippen molar-refractivity contribution in [2.45, 2.75) is 19.6 Å². The first-order valence-electron chi connectivity index (χ1n) is 11.6. The molecular formula is C24H14N4Na4O12S4. The van der Waals surface area contributed by atoms with Crippen molar-refractivity contribution in [2.24, 2.45) is 0 Å². The van der Waals surface area contributed by atoms with E-state index in [-0.39, 0.29) is 135 Å². The van der Waals surface area contributed by atoms with Crippen LogP contribution in [-0.4, -0.2) is 22.9 Å². The molecule has 0 spiro atoms. The first-order valence-corrected chi connectivity index (χ1v) is 15.3. The summed E-state index contributed by atoms with van der Waals surface area (Å²) < 4.78 is 49.3. The van der Waals surface area contributed by atoms with Gasteiger partial charge in [-0.1, -0.05) is 18.2 Å². The summed E-state index contributed by atoms with van der Waals surface area (Å²) in [5, 5.41) is 48.9. The normalized spacial score (nSPS) is 10.8. The van der Waals surface area contributed by atoms with E-state index in [9.17, 15) is 28.7 Å². The molecule has 1 heterocycles. The van der Waals surface area contributed by atoms with Crippen molar-refractivity contribution < 1.29 is 175 Å². The summed E-state index contributed by atoms with van der Waals surface area (Å²) in [6, 6.07) is 15.7. The van der Waals surface area contributed by atoms with Crippen molar-refractivity contribution in [1.29, 1.82) is 0 Å². The molecule has 230 valence electrons. The number of hydrogen-bond donors (Lipinski definition) is 2. The van der Waals surface area contributed by atoms with Crippen LogP contribution in [0.3, 0.4) is 0 Å². The van der Waals surface area contributed by atoms with Gasteiger partial charge in [0, 0.05) is 36.8 Å². The first kappa shape index (κ1) is 46.7. The molecule has 0 aliphatic rings. The van der Waals surface area contributed by atoms with E-state index in [1.807, 2.05) is 0 Å². The van der Waals surface area contributed by atoms with Crippen LogP contribution in [0.15, 0.2) is 92.6 Å². The molecule has 48 heavy (non-hydrogen) atoms. The third-order valence-corrected chi connectivity index (χ3v) is 8.46. The average Bonchev–Trinajstić information content (AvgIpc) is 3.01. The van der Waals surface area contributed by atoms with Crippen LogP contribution < -0.4 is 145 Å². The summed E-state index contributed by atoms with van der Waals surface area (Å²) in [5.74, 6) is 0.562. The number of anilines is 4. The van der Waals surface area contributed by atoms with Crippen molar-refractivity contribution in [3.05, 3.63) is 73.1 Å². The summed E-state index contributed by atoms with van der Waals surface area (Å²) in [4.78, 5) is 9.40. The smallest absolute Gasteiger partial charge is 0.744 e. The average molecular weight is 771 g/mol. The topological polar surface area (TPSA) is 232 Å². The number of fused-ring (bicyclic) bond motifs is 2. The second kappa shape index (κ2) is 22.7. The zero-order valence-electron chi connectivity index (χ0n) is 25.4. The molecule has 5 rings (SSSR count). The van der Waals surface area contributed by atoms with Gasteiger partial charge in [0.2, 0.25) is 0 Å². The van der Waals surface area contributed by atoms with Crippen molar-refractivity contribution in [3.8, 4) is 0 Å². The molecule has 0 saturated heterocycles. The number of aromatic nitrogens is 2. The Morgan fingerprint density at radius 1 is 0.625 bits per heavy atom. The van der Waals surface area contributed by atoms with Crippen LogP contribution in [0.5, 0.6) is 0 Å².